The molecule has 2 aromatic rings. The minimum Gasteiger partial charge on any atom is -0.381 e. The number of aryl methyl sites for hydroxylation is 1. The zero-order valence-corrected chi connectivity index (χ0v) is 12.2. The van der Waals surface area contributed by atoms with Crippen LogP contribution in [0.25, 0.3) is 0 Å². The summed E-state index contributed by atoms with van der Waals surface area (Å²) < 4.78 is 28.4. The molecule has 0 amide bonds. The maximum atomic E-state index is 12.2. The summed E-state index contributed by atoms with van der Waals surface area (Å²) in [6.45, 7) is 1.95. The monoisotopic (exact) mass is 295 g/mol. The van der Waals surface area contributed by atoms with E-state index in [1.165, 1.54) is 4.68 Å². The van der Waals surface area contributed by atoms with Gasteiger partial charge in [0.1, 0.15) is 4.90 Å². The predicted molar refractivity (Wildman–Crippen MR) is 75.5 cm³/mol. The average Bonchev–Trinajstić information content (AvgIpc) is 2.64. The van der Waals surface area contributed by atoms with Gasteiger partial charge in [-0.25, -0.2) is 13.1 Å². The van der Waals surface area contributed by atoms with Crippen molar-refractivity contribution in [3.05, 3.63) is 35.8 Å². The molecule has 0 aliphatic carbocycles. The fourth-order valence-electron chi connectivity index (χ4n) is 1.89. The highest BCUT2D eigenvalue weighted by Crippen LogP contribution is 2.20. The summed E-state index contributed by atoms with van der Waals surface area (Å²) in [7, 11) is -2.00. The van der Waals surface area contributed by atoms with Gasteiger partial charge in [-0.15, -0.1) is 0 Å². The minimum atomic E-state index is -3.65. The number of hydrogen-bond acceptors (Lipinski definition) is 5. The smallest absolute Gasteiger partial charge is 0.246 e. The molecule has 2 heterocycles. The minimum absolute atomic E-state index is 0.0128. The largest absolute Gasteiger partial charge is 0.381 e. The van der Waals surface area contributed by atoms with E-state index in [1.807, 2.05) is 12.1 Å². The van der Waals surface area contributed by atoms with Gasteiger partial charge in [0.05, 0.1) is 5.69 Å². The second kappa shape index (κ2) is 5.59. The number of anilines is 1. The first-order valence-corrected chi connectivity index (χ1v) is 7.58. The molecule has 0 aromatic carbocycles. The maximum Gasteiger partial charge on any atom is 0.246 e. The number of nitrogen functional groups attached to an aromatic ring is 1. The molecule has 0 unspecified atom stereocenters. The summed E-state index contributed by atoms with van der Waals surface area (Å²) in [5.74, 6) is 0.0128. The number of rotatable bonds is 5. The van der Waals surface area contributed by atoms with E-state index >= 15 is 0 Å². The lowest BCUT2D eigenvalue weighted by molar-refractivity contribution is 0.581. The summed E-state index contributed by atoms with van der Waals surface area (Å²) >= 11 is 0. The van der Waals surface area contributed by atoms with E-state index in [9.17, 15) is 8.42 Å². The van der Waals surface area contributed by atoms with Crippen LogP contribution in [0, 0.1) is 6.92 Å². The summed E-state index contributed by atoms with van der Waals surface area (Å²) in [4.78, 5) is 4.03. The van der Waals surface area contributed by atoms with Crippen LogP contribution in [0.2, 0.25) is 0 Å². The third-order valence-electron chi connectivity index (χ3n) is 3.00. The third-order valence-corrected chi connectivity index (χ3v) is 4.63. The molecule has 7 nitrogen and oxygen atoms in total. The highest BCUT2D eigenvalue weighted by molar-refractivity contribution is 7.89. The van der Waals surface area contributed by atoms with Crippen LogP contribution in [-0.2, 0) is 23.5 Å². The van der Waals surface area contributed by atoms with E-state index in [0.717, 1.165) is 5.56 Å². The normalized spacial score (nSPS) is 11.7. The van der Waals surface area contributed by atoms with Gasteiger partial charge in [0.2, 0.25) is 10.0 Å². The number of nitrogens with two attached hydrogens (primary N) is 1. The SMILES string of the molecule is Cc1c(S(=O)(=O)NCCc2cccnc2)c(N)nn1C. The second-order valence-corrected chi connectivity index (χ2v) is 6.14. The first-order valence-electron chi connectivity index (χ1n) is 6.09. The van der Waals surface area contributed by atoms with E-state index in [1.54, 1.807) is 26.4 Å². The van der Waals surface area contributed by atoms with Crippen LogP contribution >= 0.6 is 0 Å². The highest BCUT2D eigenvalue weighted by Gasteiger charge is 2.23. The van der Waals surface area contributed by atoms with Gasteiger partial charge in [0, 0.05) is 26.0 Å². The van der Waals surface area contributed by atoms with Crippen LogP contribution in [0.4, 0.5) is 5.82 Å². The van der Waals surface area contributed by atoms with Crippen molar-refractivity contribution in [1.82, 2.24) is 19.5 Å². The van der Waals surface area contributed by atoms with Crippen LogP contribution in [0.15, 0.2) is 29.4 Å². The number of pyridine rings is 1. The van der Waals surface area contributed by atoms with Gasteiger partial charge in [0.15, 0.2) is 5.82 Å². The molecule has 0 aliphatic rings. The Hall–Kier alpha value is -1.93. The molecule has 20 heavy (non-hydrogen) atoms. The van der Waals surface area contributed by atoms with Gasteiger partial charge in [-0.3, -0.25) is 9.67 Å². The van der Waals surface area contributed by atoms with Gasteiger partial charge in [-0.1, -0.05) is 6.07 Å². The molecule has 2 rings (SSSR count). The van der Waals surface area contributed by atoms with Crippen molar-refractivity contribution in [1.29, 1.82) is 0 Å². The molecule has 8 heteroatoms. The molecule has 0 aliphatic heterocycles. The molecule has 0 saturated carbocycles. The molecule has 0 saturated heterocycles. The predicted octanol–water partition coefficient (Wildman–Crippen LogP) is 0.227. The quantitative estimate of drug-likeness (QED) is 0.821. The molecular weight excluding hydrogens is 278 g/mol. The molecule has 0 radical (unpaired) electrons. The molecule has 2 aromatic heterocycles. The van der Waals surface area contributed by atoms with Crippen molar-refractivity contribution in [3.63, 3.8) is 0 Å². The van der Waals surface area contributed by atoms with Crippen LogP contribution in [0.3, 0.4) is 0 Å². The van der Waals surface area contributed by atoms with Crippen LogP contribution in [-0.4, -0.2) is 29.7 Å². The van der Waals surface area contributed by atoms with Crippen LogP contribution < -0.4 is 10.5 Å². The number of sulfonamides is 1. The first-order chi connectivity index (χ1) is 9.42. The Kier molecular flexibility index (Phi) is 4.05. The summed E-state index contributed by atoms with van der Waals surface area (Å²) in [6, 6.07) is 3.71. The second-order valence-electron chi connectivity index (χ2n) is 4.43. The highest BCUT2D eigenvalue weighted by atomic mass is 32.2. The number of nitrogens with zero attached hydrogens (tertiary/aromatic N) is 3. The van der Waals surface area contributed by atoms with E-state index < -0.39 is 10.0 Å². The Labute approximate surface area is 117 Å². The van der Waals surface area contributed by atoms with Gasteiger partial charge in [-0.2, -0.15) is 5.10 Å². The zero-order chi connectivity index (χ0) is 14.8. The first kappa shape index (κ1) is 14.5. The Bertz CT molecular complexity index is 694. The van der Waals surface area contributed by atoms with Crippen molar-refractivity contribution >= 4 is 15.8 Å². The van der Waals surface area contributed by atoms with E-state index in [2.05, 4.69) is 14.8 Å². The summed E-state index contributed by atoms with van der Waals surface area (Å²) in [5.41, 5.74) is 7.12. The Balaban J connectivity index is 2.08. The van der Waals surface area contributed by atoms with Gasteiger partial charge < -0.3 is 5.73 Å². The maximum absolute atomic E-state index is 12.2. The topological polar surface area (TPSA) is 103 Å². The lowest BCUT2D eigenvalue weighted by Crippen LogP contribution is -2.27. The third kappa shape index (κ3) is 2.97. The van der Waals surface area contributed by atoms with Crippen molar-refractivity contribution in [2.45, 2.75) is 18.2 Å². The Morgan fingerprint density at radius 3 is 2.75 bits per heavy atom. The molecule has 0 atom stereocenters. The summed E-state index contributed by atoms with van der Waals surface area (Å²) in [6.07, 6.45) is 3.94. The molecule has 0 bridgehead atoms. The van der Waals surface area contributed by atoms with E-state index in [0.29, 0.717) is 12.1 Å². The van der Waals surface area contributed by atoms with Crippen LogP contribution in [0.1, 0.15) is 11.3 Å². The Morgan fingerprint density at radius 2 is 2.20 bits per heavy atom. The van der Waals surface area contributed by atoms with Gasteiger partial charge in [-0.05, 0) is 25.0 Å². The van der Waals surface area contributed by atoms with Crippen LogP contribution in [0.5, 0.6) is 0 Å². The molecule has 0 spiro atoms. The van der Waals surface area contributed by atoms with Crippen molar-refractivity contribution < 1.29 is 8.42 Å². The molecule has 108 valence electrons. The van der Waals surface area contributed by atoms with Crippen molar-refractivity contribution in [2.24, 2.45) is 7.05 Å². The van der Waals surface area contributed by atoms with Crippen molar-refractivity contribution in [2.75, 3.05) is 12.3 Å². The average molecular weight is 295 g/mol. The fourth-order valence-corrected chi connectivity index (χ4v) is 3.25. The zero-order valence-electron chi connectivity index (χ0n) is 11.4. The standard InChI is InChI=1S/C12H17N5O2S/c1-9-11(12(13)16-17(9)2)20(18,19)15-7-5-10-4-3-6-14-8-10/h3-4,6,8,15H,5,7H2,1-2H3,(H2,13,16). The molecule has 3 N–H and O–H groups in total. The van der Waals surface area contributed by atoms with Crippen molar-refractivity contribution in [3.8, 4) is 0 Å². The summed E-state index contributed by atoms with van der Waals surface area (Å²) in [5, 5.41) is 3.91. The number of hydrogen-bond donors (Lipinski definition) is 2. The van der Waals surface area contributed by atoms with E-state index in [4.69, 9.17) is 5.73 Å². The van der Waals surface area contributed by atoms with Gasteiger partial charge >= 0.3 is 0 Å². The van der Waals surface area contributed by atoms with Gasteiger partial charge in [0.25, 0.3) is 0 Å². The molecular formula is C12H17N5O2S. The fraction of sp³-hybridized carbons (Fsp3) is 0.333. The number of aromatic nitrogens is 3. The molecule has 0 fully saturated rings. The van der Waals surface area contributed by atoms with E-state index in [-0.39, 0.29) is 17.3 Å². The lowest BCUT2D eigenvalue weighted by Gasteiger charge is -2.06. The lowest BCUT2D eigenvalue weighted by atomic mass is 10.2. The Morgan fingerprint density at radius 1 is 1.45 bits per heavy atom. The number of nitrogens with one attached hydrogen (secondary N) is 1.